The maximum Gasteiger partial charge on any atom is 0.0543 e. The van der Waals surface area contributed by atoms with Gasteiger partial charge in [0, 0.05) is 34.6 Å². The van der Waals surface area contributed by atoms with Crippen molar-refractivity contribution in [1.82, 2.24) is 0 Å². The number of para-hydroxylation sites is 2. The largest absolute Gasteiger partial charge is 0.334 e. The lowest BCUT2D eigenvalue weighted by Gasteiger charge is -2.47. The number of nitrogens with zero attached hydrogens (tertiary/aromatic N) is 2. The van der Waals surface area contributed by atoms with Crippen LogP contribution in [0, 0.1) is 10.8 Å². The van der Waals surface area contributed by atoms with Crippen molar-refractivity contribution < 1.29 is 0 Å². The second-order valence-corrected chi connectivity index (χ2v) is 19.9. The maximum atomic E-state index is 2.67. The van der Waals surface area contributed by atoms with Crippen LogP contribution in [0.4, 0.5) is 22.7 Å². The highest BCUT2D eigenvalue weighted by Gasteiger charge is 2.62. The second-order valence-electron chi connectivity index (χ2n) is 19.9. The third-order valence-corrected chi connectivity index (χ3v) is 16.7. The van der Waals surface area contributed by atoms with Gasteiger partial charge in [0.2, 0.25) is 0 Å². The molecule has 2 saturated carbocycles. The van der Waals surface area contributed by atoms with E-state index in [2.05, 4.69) is 197 Å². The van der Waals surface area contributed by atoms with Crippen LogP contribution < -0.4 is 9.80 Å². The van der Waals surface area contributed by atoms with Crippen LogP contribution in [0.15, 0.2) is 146 Å². The monoisotopic (exact) mass is 752 g/mol. The molecule has 2 nitrogen and oxygen atoms in total. The van der Waals surface area contributed by atoms with E-state index < -0.39 is 0 Å². The van der Waals surface area contributed by atoms with Crippen molar-refractivity contribution in [2.45, 2.75) is 90.1 Å². The molecule has 0 amide bonds. The first-order chi connectivity index (χ1) is 28.0. The minimum Gasteiger partial charge on any atom is -0.334 e. The molecule has 8 aromatic rings. The predicted molar refractivity (Wildman–Crippen MR) is 247 cm³/mol. The van der Waals surface area contributed by atoms with Crippen molar-refractivity contribution in [3.63, 3.8) is 0 Å². The van der Waals surface area contributed by atoms with Gasteiger partial charge >= 0.3 is 0 Å². The predicted octanol–water partition coefficient (Wildman–Crippen LogP) is 15.5. The summed E-state index contributed by atoms with van der Waals surface area (Å²) in [6.07, 6.45) is 4.92. The van der Waals surface area contributed by atoms with E-state index in [1.165, 1.54) is 114 Å². The van der Waals surface area contributed by atoms with Crippen LogP contribution in [0.3, 0.4) is 0 Å². The average molecular weight is 753 g/mol. The molecule has 8 aromatic carbocycles. The van der Waals surface area contributed by atoms with E-state index in [0.29, 0.717) is 11.8 Å². The van der Waals surface area contributed by atoms with Crippen LogP contribution in [0.25, 0.3) is 54.6 Å². The van der Waals surface area contributed by atoms with Crippen LogP contribution in [0.2, 0.25) is 0 Å². The van der Waals surface area contributed by atoms with Crippen LogP contribution in [-0.4, -0.2) is 11.1 Å². The van der Waals surface area contributed by atoms with Crippen molar-refractivity contribution in [1.29, 1.82) is 0 Å². The van der Waals surface area contributed by atoms with Crippen molar-refractivity contribution in [2.24, 2.45) is 10.8 Å². The molecule has 4 unspecified atom stereocenters. The van der Waals surface area contributed by atoms with Crippen molar-refractivity contribution in [3.05, 3.63) is 157 Å². The number of anilines is 4. The second kappa shape index (κ2) is 11.5. The molecule has 286 valence electrons. The van der Waals surface area contributed by atoms with E-state index in [1.807, 2.05) is 0 Å². The highest BCUT2D eigenvalue weighted by atomic mass is 15.3. The van der Waals surface area contributed by atoms with Gasteiger partial charge in [0.25, 0.3) is 0 Å². The van der Waals surface area contributed by atoms with Crippen molar-refractivity contribution >= 4 is 55.1 Å². The topological polar surface area (TPSA) is 6.48 Å². The first kappa shape index (κ1) is 34.4. The third kappa shape index (κ3) is 4.34. The van der Waals surface area contributed by atoms with E-state index in [9.17, 15) is 0 Å². The lowest BCUT2D eigenvalue weighted by Crippen LogP contribution is -2.50. The van der Waals surface area contributed by atoms with Crippen LogP contribution in [0.5, 0.6) is 0 Å². The van der Waals surface area contributed by atoms with Gasteiger partial charge in [-0.05, 0) is 189 Å². The van der Waals surface area contributed by atoms with Gasteiger partial charge in [-0.25, -0.2) is 0 Å². The van der Waals surface area contributed by atoms with Gasteiger partial charge in [-0.3, -0.25) is 0 Å². The molecule has 4 aliphatic rings. The first-order valence-electron chi connectivity index (χ1n) is 21.7. The Morgan fingerprint density at radius 3 is 1.12 bits per heavy atom. The minimum atomic E-state index is 0.0257. The van der Waals surface area contributed by atoms with Crippen LogP contribution >= 0.6 is 0 Å². The minimum absolute atomic E-state index is 0.0257. The van der Waals surface area contributed by atoms with Gasteiger partial charge in [0.15, 0.2) is 0 Å². The molecule has 2 aliphatic heterocycles. The summed E-state index contributed by atoms with van der Waals surface area (Å²) in [6, 6.07) is 56.0. The summed E-state index contributed by atoms with van der Waals surface area (Å²) in [5.41, 5.74) is 14.1. The Kier molecular flexibility index (Phi) is 6.85. The number of hydrogen-bond acceptors (Lipinski definition) is 2. The molecular weight excluding hydrogens is 701 g/mol. The number of benzene rings is 8. The first-order valence-corrected chi connectivity index (χ1v) is 21.7. The average Bonchev–Trinajstić information content (AvgIpc) is 3.84. The number of fused-ring (bicyclic) bond motifs is 6. The fraction of sp³-hybridized carbons (Fsp3) is 0.286. The third-order valence-electron chi connectivity index (χ3n) is 16.7. The zero-order valence-corrected chi connectivity index (χ0v) is 34.7. The Balaban J connectivity index is 0.939. The van der Waals surface area contributed by atoms with E-state index in [-0.39, 0.29) is 21.9 Å². The lowest BCUT2D eigenvalue weighted by atomic mass is 9.72. The Hall–Kier alpha value is -5.60. The van der Waals surface area contributed by atoms with Gasteiger partial charge in [0.05, 0.1) is 11.1 Å². The van der Waals surface area contributed by atoms with Gasteiger partial charge in [-0.1, -0.05) is 100 Å². The summed E-state index contributed by atoms with van der Waals surface area (Å²) in [5, 5.41) is 8.03. The fourth-order valence-electron chi connectivity index (χ4n) is 12.9. The molecule has 2 heterocycles. The highest BCUT2D eigenvalue weighted by molar-refractivity contribution is 6.24. The Bertz CT molecular complexity index is 2690. The number of hydrogen-bond donors (Lipinski definition) is 0. The Labute approximate surface area is 343 Å². The quantitative estimate of drug-likeness (QED) is 0.165. The zero-order valence-electron chi connectivity index (χ0n) is 34.7. The molecule has 4 atom stereocenters. The summed E-state index contributed by atoms with van der Waals surface area (Å²) in [4.78, 5) is 5.35. The van der Waals surface area contributed by atoms with E-state index in [1.54, 1.807) is 0 Å². The standard InChI is InChI=1S/C56H52N2/c1-53(2)27-25-47-45-33-35(21-23-49(45)57(55(47,53)5)43-13-9-7-10-14-43)41-29-37-17-19-39-31-42(32-40-20-18-38(30-41)51(37)52(39)40)36-22-24-50-46(34-36)48-26-28-54(3,4)56(48,6)58(50)44-15-11-8-12-16-44/h7-24,29-34,47-48H,25-28H2,1-6H3. The molecule has 0 aromatic heterocycles. The summed E-state index contributed by atoms with van der Waals surface area (Å²) < 4.78 is 0. The molecule has 0 saturated heterocycles. The lowest BCUT2D eigenvalue weighted by molar-refractivity contribution is 0.222. The van der Waals surface area contributed by atoms with Crippen LogP contribution in [0.1, 0.15) is 90.2 Å². The summed E-state index contributed by atoms with van der Waals surface area (Å²) in [7, 11) is 0. The van der Waals surface area contributed by atoms with Gasteiger partial charge in [0.1, 0.15) is 0 Å². The Morgan fingerprint density at radius 2 is 0.759 bits per heavy atom. The highest BCUT2D eigenvalue weighted by Crippen LogP contribution is 2.67. The molecular formula is C56H52N2. The van der Waals surface area contributed by atoms with Crippen molar-refractivity contribution in [2.75, 3.05) is 9.80 Å². The van der Waals surface area contributed by atoms with Crippen molar-refractivity contribution in [3.8, 4) is 22.3 Å². The molecule has 2 aliphatic carbocycles. The molecule has 12 rings (SSSR count). The molecule has 2 heteroatoms. The maximum absolute atomic E-state index is 2.67. The van der Waals surface area contributed by atoms with E-state index in [4.69, 9.17) is 0 Å². The molecule has 58 heavy (non-hydrogen) atoms. The van der Waals surface area contributed by atoms with Gasteiger partial charge < -0.3 is 9.80 Å². The smallest absolute Gasteiger partial charge is 0.0543 e. The summed E-state index contributed by atoms with van der Waals surface area (Å²) >= 11 is 0. The Morgan fingerprint density at radius 1 is 0.397 bits per heavy atom. The zero-order chi connectivity index (χ0) is 39.3. The number of rotatable bonds is 4. The van der Waals surface area contributed by atoms with Gasteiger partial charge in [-0.2, -0.15) is 0 Å². The van der Waals surface area contributed by atoms with E-state index >= 15 is 0 Å². The summed E-state index contributed by atoms with van der Waals surface area (Å²) in [6.45, 7) is 15.0. The normalized spacial score (nSPS) is 25.1. The fourth-order valence-corrected chi connectivity index (χ4v) is 12.9. The molecule has 2 fully saturated rings. The molecule has 0 radical (unpaired) electrons. The molecule has 0 bridgehead atoms. The van der Waals surface area contributed by atoms with Gasteiger partial charge in [-0.15, -0.1) is 0 Å². The SMILES string of the molecule is CC1(C)CCC2c3cc(-c4cc5ccc6cc(-c7ccc8c(c7)C7CCC(C)(C)C7(C)N8c7ccccc7)cc7ccc(c4)c5c67)ccc3N(c3ccccc3)C21C. The summed E-state index contributed by atoms with van der Waals surface area (Å²) in [5.74, 6) is 1.00. The molecule has 0 spiro atoms. The molecule has 0 N–H and O–H groups in total. The van der Waals surface area contributed by atoms with E-state index in [0.717, 1.165) is 0 Å². The van der Waals surface area contributed by atoms with Crippen LogP contribution in [-0.2, 0) is 0 Å².